The molecule has 25 heavy (non-hydrogen) atoms. The van der Waals surface area contributed by atoms with E-state index in [0.29, 0.717) is 23.7 Å². The van der Waals surface area contributed by atoms with Gasteiger partial charge < -0.3 is 10.6 Å². The molecule has 1 aromatic heterocycles. The van der Waals surface area contributed by atoms with Gasteiger partial charge in [0.2, 0.25) is 11.0 Å². The van der Waals surface area contributed by atoms with E-state index in [1.165, 1.54) is 16.9 Å². The van der Waals surface area contributed by atoms with Crippen LogP contribution in [0, 0.1) is 17.8 Å². The molecule has 0 spiro atoms. The molecule has 0 aliphatic rings. The van der Waals surface area contributed by atoms with Crippen LogP contribution in [0.2, 0.25) is 0 Å². The molecule has 1 amide bonds. The second kappa shape index (κ2) is 9.07. The van der Waals surface area contributed by atoms with Crippen LogP contribution in [-0.4, -0.2) is 40.7 Å². The Kier molecular flexibility index (Phi) is 7.10. The first-order valence-electron chi connectivity index (χ1n) is 8.26. The number of hydrogen-bond acceptors (Lipinski definition) is 6. The fourth-order valence-electron chi connectivity index (χ4n) is 2.36. The zero-order valence-corrected chi connectivity index (χ0v) is 16.8. The quantitative estimate of drug-likeness (QED) is 0.688. The SMILES string of the molecule is CCCNC(=O)CN(C)Cn1nc(Nc2ccc(C)cc2C)sc1=S. The highest BCUT2D eigenvalue weighted by Gasteiger charge is 2.10. The van der Waals surface area contributed by atoms with Crippen molar-refractivity contribution in [3.8, 4) is 0 Å². The molecule has 136 valence electrons. The van der Waals surface area contributed by atoms with E-state index in [4.69, 9.17) is 12.2 Å². The topological polar surface area (TPSA) is 62.2 Å². The van der Waals surface area contributed by atoms with Crippen molar-refractivity contribution in [3.05, 3.63) is 33.3 Å². The molecule has 0 atom stereocenters. The van der Waals surface area contributed by atoms with Crippen molar-refractivity contribution in [2.24, 2.45) is 0 Å². The molecule has 0 saturated heterocycles. The van der Waals surface area contributed by atoms with E-state index >= 15 is 0 Å². The van der Waals surface area contributed by atoms with Crippen molar-refractivity contribution in [1.82, 2.24) is 20.0 Å². The van der Waals surface area contributed by atoms with Crippen molar-refractivity contribution >= 4 is 40.3 Å². The summed E-state index contributed by atoms with van der Waals surface area (Å²) in [6, 6.07) is 6.24. The second-order valence-corrected chi connectivity index (χ2v) is 7.74. The largest absolute Gasteiger partial charge is 0.355 e. The number of aryl methyl sites for hydroxylation is 2. The van der Waals surface area contributed by atoms with E-state index in [0.717, 1.165) is 22.8 Å². The van der Waals surface area contributed by atoms with Crippen LogP contribution in [0.25, 0.3) is 0 Å². The maximum atomic E-state index is 11.8. The predicted octanol–water partition coefficient (Wildman–Crippen LogP) is 3.45. The number of aromatic nitrogens is 2. The average molecular weight is 380 g/mol. The Bertz CT molecular complexity index is 784. The molecule has 0 fully saturated rings. The van der Waals surface area contributed by atoms with Gasteiger partial charge in [0.25, 0.3) is 0 Å². The monoisotopic (exact) mass is 379 g/mol. The van der Waals surface area contributed by atoms with Crippen molar-refractivity contribution in [1.29, 1.82) is 0 Å². The Hall–Kier alpha value is -1.77. The molecule has 1 aromatic carbocycles. The lowest BCUT2D eigenvalue weighted by molar-refractivity contribution is -0.122. The minimum atomic E-state index is 0.0136. The van der Waals surface area contributed by atoms with E-state index in [1.54, 1.807) is 4.68 Å². The molecule has 2 N–H and O–H groups in total. The zero-order chi connectivity index (χ0) is 18.4. The fourth-order valence-corrected chi connectivity index (χ4v) is 3.36. The summed E-state index contributed by atoms with van der Waals surface area (Å²) in [6.45, 7) is 7.66. The summed E-state index contributed by atoms with van der Waals surface area (Å²) in [5.41, 5.74) is 3.41. The van der Waals surface area contributed by atoms with Crippen molar-refractivity contribution < 1.29 is 4.79 Å². The third-order valence-corrected chi connectivity index (χ3v) is 4.81. The number of rotatable bonds is 8. The van der Waals surface area contributed by atoms with Gasteiger partial charge in [0.05, 0.1) is 13.2 Å². The molecule has 0 bridgehead atoms. The zero-order valence-electron chi connectivity index (χ0n) is 15.1. The van der Waals surface area contributed by atoms with E-state index in [-0.39, 0.29) is 5.91 Å². The number of carbonyl (C=O) groups excluding carboxylic acids is 1. The number of carbonyl (C=O) groups is 1. The van der Waals surface area contributed by atoms with Crippen LogP contribution in [0.4, 0.5) is 10.8 Å². The molecule has 2 aromatic rings. The van der Waals surface area contributed by atoms with E-state index in [1.807, 2.05) is 24.9 Å². The summed E-state index contributed by atoms with van der Waals surface area (Å²) < 4.78 is 2.41. The third-order valence-electron chi connectivity index (χ3n) is 3.59. The number of amides is 1. The first kappa shape index (κ1) is 19.6. The van der Waals surface area contributed by atoms with Crippen LogP contribution in [0.5, 0.6) is 0 Å². The van der Waals surface area contributed by atoms with Gasteiger partial charge in [-0.3, -0.25) is 9.69 Å². The number of anilines is 2. The van der Waals surface area contributed by atoms with Crippen LogP contribution in [0.15, 0.2) is 18.2 Å². The summed E-state index contributed by atoms with van der Waals surface area (Å²) in [5, 5.41) is 11.5. The molecular formula is C17H25N5OS2. The molecule has 0 aliphatic carbocycles. The smallest absolute Gasteiger partial charge is 0.234 e. The summed E-state index contributed by atoms with van der Waals surface area (Å²) in [6.07, 6.45) is 0.931. The Morgan fingerprint density at radius 2 is 2.16 bits per heavy atom. The Morgan fingerprint density at radius 1 is 1.40 bits per heavy atom. The Labute approximate surface area is 157 Å². The third kappa shape index (κ3) is 5.91. The number of likely N-dealkylation sites (N-methyl/N-ethyl adjacent to an activating group) is 1. The Balaban J connectivity index is 1.99. The summed E-state index contributed by atoms with van der Waals surface area (Å²) >= 11 is 6.82. The minimum Gasteiger partial charge on any atom is -0.355 e. The maximum Gasteiger partial charge on any atom is 0.234 e. The van der Waals surface area contributed by atoms with Gasteiger partial charge in [-0.15, -0.1) is 5.10 Å². The fraction of sp³-hybridized carbons (Fsp3) is 0.471. The van der Waals surface area contributed by atoms with Crippen LogP contribution in [0.1, 0.15) is 24.5 Å². The average Bonchev–Trinajstić information content (AvgIpc) is 2.87. The van der Waals surface area contributed by atoms with Gasteiger partial charge >= 0.3 is 0 Å². The Morgan fingerprint density at radius 3 is 2.84 bits per heavy atom. The van der Waals surface area contributed by atoms with E-state index in [2.05, 4.69) is 41.7 Å². The van der Waals surface area contributed by atoms with Gasteiger partial charge in [0, 0.05) is 12.2 Å². The lowest BCUT2D eigenvalue weighted by Crippen LogP contribution is -2.36. The lowest BCUT2D eigenvalue weighted by Gasteiger charge is -2.15. The van der Waals surface area contributed by atoms with Gasteiger partial charge in [-0.05, 0) is 51.2 Å². The molecule has 8 heteroatoms. The molecule has 6 nitrogen and oxygen atoms in total. The molecule has 0 radical (unpaired) electrons. The molecule has 0 saturated carbocycles. The van der Waals surface area contributed by atoms with Crippen LogP contribution in [-0.2, 0) is 11.5 Å². The van der Waals surface area contributed by atoms with Crippen LogP contribution >= 0.6 is 23.6 Å². The number of nitrogens with one attached hydrogen (secondary N) is 2. The molecule has 0 unspecified atom stereocenters. The predicted molar refractivity (Wildman–Crippen MR) is 106 cm³/mol. The van der Waals surface area contributed by atoms with E-state index < -0.39 is 0 Å². The van der Waals surface area contributed by atoms with Crippen LogP contribution < -0.4 is 10.6 Å². The summed E-state index contributed by atoms with van der Waals surface area (Å²) in [5.74, 6) is 0.0136. The normalized spacial score (nSPS) is 10.9. The van der Waals surface area contributed by atoms with E-state index in [9.17, 15) is 4.79 Å². The highest BCUT2D eigenvalue weighted by molar-refractivity contribution is 7.73. The van der Waals surface area contributed by atoms with Crippen molar-refractivity contribution in [3.63, 3.8) is 0 Å². The number of benzene rings is 1. The lowest BCUT2D eigenvalue weighted by atomic mass is 10.1. The summed E-state index contributed by atoms with van der Waals surface area (Å²) in [4.78, 5) is 13.7. The van der Waals surface area contributed by atoms with Crippen molar-refractivity contribution in [2.45, 2.75) is 33.9 Å². The highest BCUT2D eigenvalue weighted by atomic mass is 32.1. The first-order chi connectivity index (χ1) is 11.9. The maximum absolute atomic E-state index is 11.8. The summed E-state index contributed by atoms with van der Waals surface area (Å²) in [7, 11) is 1.88. The second-order valence-electron chi connectivity index (χ2n) is 6.12. The highest BCUT2D eigenvalue weighted by Crippen LogP contribution is 2.23. The molecular weight excluding hydrogens is 354 g/mol. The molecule has 2 rings (SSSR count). The van der Waals surface area contributed by atoms with Gasteiger partial charge in [-0.25, -0.2) is 4.68 Å². The minimum absolute atomic E-state index is 0.0136. The van der Waals surface area contributed by atoms with Crippen LogP contribution in [0.3, 0.4) is 0 Å². The van der Waals surface area contributed by atoms with Gasteiger partial charge in [-0.1, -0.05) is 36.0 Å². The van der Waals surface area contributed by atoms with Crippen molar-refractivity contribution in [2.75, 3.05) is 25.5 Å². The first-order valence-corrected chi connectivity index (χ1v) is 9.49. The van der Waals surface area contributed by atoms with Gasteiger partial charge in [0.1, 0.15) is 0 Å². The standard InChI is InChI=1S/C17H25N5OS2/c1-5-8-18-15(23)10-21(4)11-22-17(24)25-16(20-22)19-14-7-6-12(2)9-13(14)3/h6-7,9H,5,8,10-11H2,1-4H3,(H,18,23)(H,19,20). The molecule has 1 heterocycles. The number of nitrogens with zero attached hydrogens (tertiary/aromatic N) is 3. The molecule has 0 aliphatic heterocycles. The van der Waals surface area contributed by atoms with Gasteiger partial charge in [0.15, 0.2) is 3.95 Å². The van der Waals surface area contributed by atoms with Gasteiger partial charge in [-0.2, -0.15) is 0 Å². The number of hydrogen-bond donors (Lipinski definition) is 2.